The van der Waals surface area contributed by atoms with Gasteiger partial charge in [0.05, 0.1) is 0 Å². The number of hydrogen-bond donors (Lipinski definition) is 0. The Kier molecular flexibility index (Phi) is 2.73. The third-order valence-corrected chi connectivity index (χ3v) is 0.902. The monoisotopic (exact) mass is 85.1 g/mol. The van der Waals surface area contributed by atoms with Gasteiger partial charge in [-0.25, -0.2) is 0 Å². The first kappa shape index (κ1) is 5.67. The molecule has 0 spiro atoms. The summed E-state index contributed by atoms with van der Waals surface area (Å²) >= 11 is 0. The first-order valence-electron chi connectivity index (χ1n) is 2.27. The van der Waals surface area contributed by atoms with E-state index in [0.29, 0.717) is 6.04 Å². The second-order valence-corrected chi connectivity index (χ2v) is 1.44. The Labute approximate surface area is 39.1 Å². The van der Waals surface area contributed by atoms with Gasteiger partial charge in [-0.15, -0.1) is 0 Å². The largest absolute Gasteiger partial charge is 0.298 e. The maximum atomic E-state index is 3.76. The normalized spacial score (nSPS) is 13.7. The fourth-order valence-electron chi connectivity index (χ4n) is 0.129. The predicted molar refractivity (Wildman–Crippen MR) is 29.3 cm³/mol. The molecule has 1 heteroatoms. The fourth-order valence-corrected chi connectivity index (χ4v) is 0.129. The molecule has 0 rings (SSSR count). The maximum Gasteiger partial charge on any atom is 0.0461 e. The van der Waals surface area contributed by atoms with Gasteiger partial charge >= 0.3 is 0 Å². The minimum absolute atomic E-state index is 0.449. The zero-order valence-corrected chi connectivity index (χ0v) is 4.44. The van der Waals surface area contributed by atoms with E-state index in [1.807, 2.05) is 6.92 Å². The second-order valence-electron chi connectivity index (χ2n) is 1.44. The minimum Gasteiger partial charge on any atom is -0.298 e. The van der Waals surface area contributed by atoms with Crippen molar-refractivity contribution in [2.75, 3.05) is 0 Å². The first-order chi connectivity index (χ1) is 2.81. The predicted octanol–water partition coefficient (Wildman–Crippen LogP) is 1.49. The molecule has 0 aromatic carbocycles. The van der Waals surface area contributed by atoms with E-state index in [2.05, 4.69) is 18.6 Å². The Hall–Kier alpha value is -0.330. The highest BCUT2D eigenvalue weighted by Crippen LogP contribution is 1.90. The summed E-state index contributed by atoms with van der Waals surface area (Å²) in [5, 5.41) is 0. The van der Waals surface area contributed by atoms with Crippen LogP contribution >= 0.6 is 0 Å². The van der Waals surface area contributed by atoms with Gasteiger partial charge in [0.2, 0.25) is 0 Å². The summed E-state index contributed by atoms with van der Waals surface area (Å²) in [4.78, 5) is 3.76. The van der Waals surface area contributed by atoms with Crippen LogP contribution in [0.5, 0.6) is 0 Å². The van der Waals surface area contributed by atoms with Gasteiger partial charge in [-0.05, 0) is 20.1 Å². The molecule has 0 saturated heterocycles. The van der Waals surface area contributed by atoms with E-state index in [1.54, 1.807) is 0 Å². The fraction of sp³-hybridized carbons (Fsp3) is 0.800. The smallest absolute Gasteiger partial charge is 0.0461 e. The molecular formula is C5H11N. The number of nitrogens with zero attached hydrogens (tertiary/aromatic N) is 1. The number of hydrogen-bond acceptors (Lipinski definition) is 1. The zero-order valence-electron chi connectivity index (χ0n) is 4.44. The van der Waals surface area contributed by atoms with Gasteiger partial charge in [-0.1, -0.05) is 6.92 Å². The summed E-state index contributed by atoms with van der Waals surface area (Å²) in [5.41, 5.74) is 0. The van der Waals surface area contributed by atoms with Crippen molar-refractivity contribution in [1.29, 1.82) is 0 Å². The molecule has 0 saturated carbocycles. The van der Waals surface area contributed by atoms with Crippen molar-refractivity contribution >= 4 is 6.72 Å². The average molecular weight is 85.2 g/mol. The van der Waals surface area contributed by atoms with Crippen LogP contribution in [0.15, 0.2) is 4.99 Å². The topological polar surface area (TPSA) is 12.4 Å². The second kappa shape index (κ2) is 2.88. The van der Waals surface area contributed by atoms with Crippen molar-refractivity contribution in [2.24, 2.45) is 4.99 Å². The van der Waals surface area contributed by atoms with Crippen LogP contribution in [0, 0.1) is 0 Å². The van der Waals surface area contributed by atoms with E-state index in [1.165, 1.54) is 0 Å². The Morgan fingerprint density at radius 3 is 2.33 bits per heavy atom. The summed E-state index contributed by atoms with van der Waals surface area (Å²) in [7, 11) is 0. The van der Waals surface area contributed by atoms with E-state index in [-0.39, 0.29) is 0 Å². The zero-order chi connectivity index (χ0) is 4.99. The molecule has 0 unspecified atom stereocenters. The molecule has 0 N–H and O–H groups in total. The molecule has 1 nitrogen and oxygen atoms in total. The van der Waals surface area contributed by atoms with Gasteiger partial charge in [-0.3, -0.25) is 4.99 Å². The van der Waals surface area contributed by atoms with Crippen LogP contribution in [-0.4, -0.2) is 12.8 Å². The van der Waals surface area contributed by atoms with E-state index in [4.69, 9.17) is 0 Å². The lowest BCUT2D eigenvalue weighted by Gasteiger charge is -1.94. The lowest BCUT2D eigenvalue weighted by Crippen LogP contribution is -1.90. The van der Waals surface area contributed by atoms with E-state index in [0.717, 1.165) is 6.42 Å². The molecule has 6 heavy (non-hydrogen) atoms. The Balaban J connectivity index is 2.96. The van der Waals surface area contributed by atoms with Gasteiger partial charge in [0.1, 0.15) is 0 Å². The minimum atomic E-state index is 0.449. The van der Waals surface area contributed by atoms with Crippen LogP contribution in [0.4, 0.5) is 0 Å². The molecule has 0 fully saturated rings. The Morgan fingerprint density at radius 2 is 2.33 bits per heavy atom. The molecular weight excluding hydrogens is 74.1 g/mol. The maximum absolute atomic E-state index is 3.76. The molecule has 0 heterocycles. The van der Waals surface area contributed by atoms with Crippen molar-refractivity contribution in [3.05, 3.63) is 0 Å². The van der Waals surface area contributed by atoms with Gasteiger partial charge in [-0.2, -0.15) is 0 Å². The van der Waals surface area contributed by atoms with Crippen molar-refractivity contribution in [1.82, 2.24) is 0 Å². The lowest BCUT2D eigenvalue weighted by molar-refractivity contribution is 0.722. The Morgan fingerprint density at radius 1 is 1.83 bits per heavy atom. The van der Waals surface area contributed by atoms with Crippen molar-refractivity contribution in [3.63, 3.8) is 0 Å². The summed E-state index contributed by atoms with van der Waals surface area (Å²) in [6, 6.07) is 0.449. The van der Waals surface area contributed by atoms with Crippen molar-refractivity contribution in [2.45, 2.75) is 26.3 Å². The molecule has 0 aliphatic carbocycles. The van der Waals surface area contributed by atoms with Crippen LogP contribution in [-0.2, 0) is 0 Å². The molecule has 36 valence electrons. The molecule has 1 atom stereocenters. The highest BCUT2D eigenvalue weighted by atomic mass is 14.7. The number of aliphatic imine (C=N–C) groups is 1. The Bertz CT molecular complexity index is 41.2. The highest BCUT2D eigenvalue weighted by molar-refractivity contribution is 5.23. The quantitative estimate of drug-likeness (QED) is 0.450. The number of rotatable bonds is 2. The van der Waals surface area contributed by atoms with Gasteiger partial charge in [0.25, 0.3) is 0 Å². The molecule has 0 aliphatic rings. The third-order valence-electron chi connectivity index (χ3n) is 0.902. The van der Waals surface area contributed by atoms with Crippen LogP contribution in [0.25, 0.3) is 0 Å². The van der Waals surface area contributed by atoms with Crippen LogP contribution < -0.4 is 0 Å². The van der Waals surface area contributed by atoms with Crippen molar-refractivity contribution < 1.29 is 0 Å². The molecule has 0 bridgehead atoms. The molecule has 0 amide bonds. The summed E-state index contributed by atoms with van der Waals surface area (Å²) in [6.45, 7) is 7.53. The standard InChI is InChI=1S/C5H11N/c1-4-5(2)6-3/h5H,3-4H2,1-2H3/t5-/m1/s1. The first-order valence-corrected chi connectivity index (χ1v) is 2.27. The highest BCUT2D eigenvalue weighted by Gasteiger charge is 1.85. The van der Waals surface area contributed by atoms with E-state index in [9.17, 15) is 0 Å². The van der Waals surface area contributed by atoms with Crippen LogP contribution in [0.2, 0.25) is 0 Å². The lowest BCUT2D eigenvalue weighted by atomic mass is 10.3. The van der Waals surface area contributed by atoms with Gasteiger partial charge < -0.3 is 0 Å². The van der Waals surface area contributed by atoms with Gasteiger partial charge in [0.15, 0.2) is 0 Å². The SMILES string of the molecule is C=N[C@H](C)CC. The van der Waals surface area contributed by atoms with E-state index >= 15 is 0 Å². The average Bonchev–Trinajstić information content (AvgIpc) is 1.65. The van der Waals surface area contributed by atoms with Crippen LogP contribution in [0.3, 0.4) is 0 Å². The third kappa shape index (κ3) is 1.94. The molecule has 0 aromatic rings. The molecule has 0 aromatic heterocycles. The van der Waals surface area contributed by atoms with Crippen molar-refractivity contribution in [3.8, 4) is 0 Å². The summed E-state index contributed by atoms with van der Waals surface area (Å²) in [5.74, 6) is 0. The van der Waals surface area contributed by atoms with Gasteiger partial charge in [0, 0.05) is 6.04 Å². The summed E-state index contributed by atoms with van der Waals surface area (Å²) < 4.78 is 0. The molecule has 0 aliphatic heterocycles. The van der Waals surface area contributed by atoms with Crippen LogP contribution in [0.1, 0.15) is 20.3 Å². The molecule has 0 radical (unpaired) electrons. The van der Waals surface area contributed by atoms with E-state index < -0.39 is 0 Å². The summed E-state index contributed by atoms with van der Waals surface area (Å²) in [6.07, 6.45) is 1.10.